The van der Waals surface area contributed by atoms with Crippen LogP contribution in [0.4, 0.5) is 11.4 Å². The smallest absolute Gasteiger partial charge is 0.264 e. The Morgan fingerprint density at radius 2 is 1.90 bits per heavy atom. The molecule has 0 aliphatic carbocycles. The molecule has 0 aromatic heterocycles. The molecule has 31 heavy (non-hydrogen) atoms. The largest absolute Gasteiger partial charge is 0.360 e. The quantitative estimate of drug-likeness (QED) is 0.580. The number of carbonyl (C=O) groups excluding carboxylic acids is 1. The summed E-state index contributed by atoms with van der Waals surface area (Å²) in [4.78, 5) is 20.2. The number of benzene rings is 2. The average molecular weight is 432 g/mol. The lowest BCUT2D eigenvalue weighted by Gasteiger charge is -2.46. The number of allylic oxidation sites excluding steroid dienone is 1. The zero-order valence-corrected chi connectivity index (χ0v) is 19.8. The molecule has 1 amide bonds. The molecule has 0 saturated carbocycles. The maximum Gasteiger partial charge on any atom is 0.264 e. The summed E-state index contributed by atoms with van der Waals surface area (Å²) >= 11 is 1.38. The molecule has 0 radical (unpaired) electrons. The van der Waals surface area contributed by atoms with Crippen LogP contribution in [-0.2, 0) is 4.79 Å². The number of nitrogens with one attached hydrogen (secondary N) is 1. The zero-order chi connectivity index (χ0) is 22.3. The SMILES string of the molecule is CC1=CC(C)(C)N(C(C)C)c2ccc(/C=C3\SC(=Nc4cccc(C)c4)NC3=O)cc21. The molecule has 0 bridgehead atoms. The molecule has 2 aliphatic rings. The molecule has 160 valence electrons. The van der Waals surface area contributed by atoms with Crippen molar-refractivity contribution in [2.75, 3.05) is 4.90 Å². The van der Waals surface area contributed by atoms with Crippen LogP contribution in [0.15, 0.2) is 58.4 Å². The minimum Gasteiger partial charge on any atom is -0.360 e. The summed E-state index contributed by atoms with van der Waals surface area (Å²) in [6.45, 7) is 13.2. The number of aliphatic imine (C=N–C) groups is 1. The first-order chi connectivity index (χ1) is 14.6. The second-order valence-electron chi connectivity index (χ2n) is 9.04. The first kappa shape index (κ1) is 21.4. The van der Waals surface area contributed by atoms with E-state index in [9.17, 15) is 4.79 Å². The highest BCUT2D eigenvalue weighted by atomic mass is 32.2. The van der Waals surface area contributed by atoms with Crippen LogP contribution in [0.25, 0.3) is 11.6 Å². The molecule has 4 rings (SSSR count). The number of hydrogen-bond donors (Lipinski definition) is 1. The lowest BCUT2D eigenvalue weighted by atomic mass is 9.87. The first-order valence-electron chi connectivity index (χ1n) is 10.6. The Morgan fingerprint density at radius 3 is 2.61 bits per heavy atom. The van der Waals surface area contributed by atoms with Gasteiger partial charge in [-0.15, -0.1) is 0 Å². The van der Waals surface area contributed by atoms with Gasteiger partial charge in [0.25, 0.3) is 5.91 Å². The van der Waals surface area contributed by atoms with Gasteiger partial charge in [0.05, 0.1) is 16.1 Å². The van der Waals surface area contributed by atoms with Gasteiger partial charge >= 0.3 is 0 Å². The van der Waals surface area contributed by atoms with Crippen LogP contribution in [0.3, 0.4) is 0 Å². The van der Waals surface area contributed by atoms with Crippen molar-refractivity contribution in [1.29, 1.82) is 0 Å². The van der Waals surface area contributed by atoms with E-state index in [4.69, 9.17) is 0 Å². The van der Waals surface area contributed by atoms with E-state index in [0.717, 1.165) is 16.8 Å². The normalized spacial score (nSPS) is 20.3. The summed E-state index contributed by atoms with van der Waals surface area (Å²) in [5.41, 5.74) is 6.70. The van der Waals surface area contributed by atoms with E-state index in [1.54, 1.807) is 0 Å². The third-order valence-electron chi connectivity index (χ3n) is 5.59. The number of hydrogen-bond acceptors (Lipinski definition) is 4. The monoisotopic (exact) mass is 431 g/mol. The predicted molar refractivity (Wildman–Crippen MR) is 134 cm³/mol. The highest BCUT2D eigenvalue weighted by molar-refractivity contribution is 8.18. The molecule has 0 unspecified atom stereocenters. The standard InChI is InChI=1S/C26H29N3OS/c1-16(2)29-22-11-10-19(13-21(22)18(4)15-26(29,5)6)14-23-24(30)28-25(31-23)27-20-9-7-8-17(3)12-20/h7-16H,1-6H3,(H,27,28,30)/b23-14-. The third kappa shape index (κ3) is 4.33. The van der Waals surface area contributed by atoms with E-state index in [-0.39, 0.29) is 11.4 Å². The van der Waals surface area contributed by atoms with E-state index in [0.29, 0.717) is 16.1 Å². The molecular formula is C26H29N3OS. The van der Waals surface area contributed by atoms with E-state index >= 15 is 0 Å². The van der Waals surface area contributed by atoms with Crippen molar-refractivity contribution >= 4 is 45.9 Å². The molecule has 0 spiro atoms. The van der Waals surface area contributed by atoms with Gasteiger partial charge in [-0.25, -0.2) is 4.99 Å². The molecule has 0 atom stereocenters. The Morgan fingerprint density at radius 1 is 1.13 bits per heavy atom. The number of amides is 1. The highest BCUT2D eigenvalue weighted by Gasteiger charge is 2.33. The molecule has 1 saturated heterocycles. The number of aryl methyl sites for hydroxylation is 1. The summed E-state index contributed by atoms with van der Waals surface area (Å²) in [6, 6.07) is 14.8. The highest BCUT2D eigenvalue weighted by Crippen LogP contribution is 2.41. The lowest BCUT2D eigenvalue weighted by molar-refractivity contribution is -0.115. The summed E-state index contributed by atoms with van der Waals surface area (Å²) in [7, 11) is 0. The Bertz CT molecular complexity index is 1140. The first-order valence-corrected chi connectivity index (χ1v) is 11.5. The second-order valence-corrected chi connectivity index (χ2v) is 10.1. The van der Waals surface area contributed by atoms with Crippen LogP contribution >= 0.6 is 11.8 Å². The van der Waals surface area contributed by atoms with Crippen LogP contribution in [0, 0.1) is 6.92 Å². The van der Waals surface area contributed by atoms with Gasteiger partial charge in [-0.2, -0.15) is 0 Å². The van der Waals surface area contributed by atoms with Gasteiger partial charge in [0.15, 0.2) is 5.17 Å². The van der Waals surface area contributed by atoms with Gasteiger partial charge in [0, 0.05) is 17.3 Å². The molecular weight excluding hydrogens is 402 g/mol. The number of carbonyl (C=O) groups is 1. The van der Waals surface area contributed by atoms with Crippen LogP contribution < -0.4 is 10.2 Å². The maximum absolute atomic E-state index is 12.5. The molecule has 4 nitrogen and oxygen atoms in total. The third-order valence-corrected chi connectivity index (χ3v) is 6.50. The molecule has 1 N–H and O–H groups in total. The summed E-state index contributed by atoms with van der Waals surface area (Å²) in [5, 5.41) is 3.50. The number of rotatable bonds is 3. The Kier molecular flexibility index (Phi) is 5.56. The lowest BCUT2D eigenvalue weighted by Crippen LogP contribution is -2.49. The van der Waals surface area contributed by atoms with Crippen molar-refractivity contribution in [1.82, 2.24) is 5.32 Å². The molecule has 1 fully saturated rings. The van der Waals surface area contributed by atoms with Crippen molar-refractivity contribution in [3.63, 3.8) is 0 Å². The molecule has 2 heterocycles. The number of anilines is 1. The van der Waals surface area contributed by atoms with Crippen LogP contribution in [0.1, 0.15) is 51.3 Å². The number of amidine groups is 1. The van der Waals surface area contributed by atoms with Gasteiger partial charge in [-0.05, 0) is 100 Å². The van der Waals surface area contributed by atoms with Crippen molar-refractivity contribution in [3.05, 3.63) is 70.1 Å². The fraction of sp³-hybridized carbons (Fsp3) is 0.308. The van der Waals surface area contributed by atoms with Crippen LogP contribution in [0.5, 0.6) is 0 Å². The van der Waals surface area contributed by atoms with E-state index < -0.39 is 0 Å². The van der Waals surface area contributed by atoms with Gasteiger partial charge < -0.3 is 10.2 Å². The second kappa shape index (κ2) is 8.04. The van der Waals surface area contributed by atoms with Gasteiger partial charge in [-0.3, -0.25) is 4.79 Å². The number of thioether (sulfide) groups is 1. The maximum atomic E-state index is 12.5. The molecule has 2 aliphatic heterocycles. The number of nitrogens with zero attached hydrogens (tertiary/aromatic N) is 2. The van der Waals surface area contributed by atoms with E-state index in [1.807, 2.05) is 37.3 Å². The minimum absolute atomic E-state index is 0.0341. The Labute approximate surface area is 189 Å². The Balaban J connectivity index is 1.64. The topological polar surface area (TPSA) is 44.7 Å². The van der Waals surface area contributed by atoms with Crippen LogP contribution in [-0.4, -0.2) is 22.7 Å². The summed E-state index contributed by atoms with van der Waals surface area (Å²) in [5.74, 6) is -0.105. The van der Waals surface area contributed by atoms with E-state index in [1.165, 1.54) is 28.6 Å². The van der Waals surface area contributed by atoms with Crippen molar-refractivity contribution in [2.45, 2.75) is 53.1 Å². The van der Waals surface area contributed by atoms with Gasteiger partial charge in [0.1, 0.15) is 0 Å². The minimum atomic E-state index is -0.105. The fourth-order valence-electron chi connectivity index (χ4n) is 4.55. The molecule has 2 aromatic rings. The van der Waals surface area contributed by atoms with Gasteiger partial charge in [-0.1, -0.05) is 24.3 Å². The van der Waals surface area contributed by atoms with Crippen molar-refractivity contribution in [3.8, 4) is 0 Å². The zero-order valence-electron chi connectivity index (χ0n) is 19.0. The average Bonchev–Trinajstić information content (AvgIpc) is 3.00. The van der Waals surface area contributed by atoms with Crippen molar-refractivity contribution in [2.24, 2.45) is 4.99 Å². The van der Waals surface area contributed by atoms with Crippen LogP contribution in [0.2, 0.25) is 0 Å². The summed E-state index contributed by atoms with van der Waals surface area (Å²) < 4.78 is 0. The van der Waals surface area contributed by atoms with Crippen molar-refractivity contribution < 1.29 is 4.79 Å². The predicted octanol–water partition coefficient (Wildman–Crippen LogP) is 6.30. The van der Waals surface area contributed by atoms with E-state index in [2.05, 4.69) is 74.1 Å². The summed E-state index contributed by atoms with van der Waals surface area (Å²) in [6.07, 6.45) is 4.28. The molecule has 2 aromatic carbocycles. The Hall–Kier alpha value is -2.79. The number of fused-ring (bicyclic) bond motifs is 1. The fourth-order valence-corrected chi connectivity index (χ4v) is 5.39. The van der Waals surface area contributed by atoms with Gasteiger partial charge in [0.2, 0.25) is 0 Å². The molecule has 5 heteroatoms.